The Bertz CT molecular complexity index is 198. The standard InChI is InChI=1S/C14H29NOS/c1-2-3-4-5-6-7-8-11-15-14-9-12-17(16)13-10-14/h14-15H,2-13H2,1H3. The average Bonchev–Trinajstić information content (AvgIpc) is 2.35. The Morgan fingerprint density at radius 2 is 1.59 bits per heavy atom. The third-order valence-corrected chi connectivity index (χ3v) is 4.98. The SMILES string of the molecule is CCCCCCCCCNC1CCS(=O)CC1. The Morgan fingerprint density at radius 3 is 2.24 bits per heavy atom. The Hall–Kier alpha value is 0.110. The molecule has 0 spiro atoms. The Kier molecular flexibility index (Phi) is 8.99. The van der Waals surface area contributed by atoms with Crippen LogP contribution in [0.2, 0.25) is 0 Å². The van der Waals surface area contributed by atoms with E-state index >= 15 is 0 Å². The number of hydrogen-bond donors (Lipinski definition) is 1. The minimum atomic E-state index is -0.515. The molecule has 1 saturated heterocycles. The van der Waals surface area contributed by atoms with E-state index in [4.69, 9.17) is 0 Å². The van der Waals surface area contributed by atoms with Gasteiger partial charge < -0.3 is 5.32 Å². The Morgan fingerprint density at radius 1 is 1.00 bits per heavy atom. The van der Waals surface area contributed by atoms with E-state index in [1.165, 1.54) is 44.9 Å². The molecule has 1 rings (SSSR count). The fraction of sp³-hybridized carbons (Fsp3) is 1.00. The van der Waals surface area contributed by atoms with Crippen molar-refractivity contribution in [3.8, 4) is 0 Å². The van der Waals surface area contributed by atoms with Crippen LogP contribution in [0, 0.1) is 0 Å². The maximum absolute atomic E-state index is 11.2. The molecule has 1 aliphatic heterocycles. The van der Waals surface area contributed by atoms with E-state index in [0.717, 1.165) is 30.9 Å². The highest BCUT2D eigenvalue weighted by atomic mass is 32.2. The summed E-state index contributed by atoms with van der Waals surface area (Å²) in [6.45, 7) is 3.42. The van der Waals surface area contributed by atoms with Crippen LogP contribution < -0.4 is 5.32 Å². The molecule has 1 aliphatic rings. The summed E-state index contributed by atoms with van der Waals surface area (Å²) in [5, 5.41) is 3.61. The molecular weight excluding hydrogens is 230 g/mol. The van der Waals surface area contributed by atoms with Gasteiger partial charge in [-0.2, -0.15) is 0 Å². The van der Waals surface area contributed by atoms with Gasteiger partial charge in [0.2, 0.25) is 0 Å². The van der Waals surface area contributed by atoms with E-state index in [9.17, 15) is 4.21 Å². The van der Waals surface area contributed by atoms with Gasteiger partial charge in [0.25, 0.3) is 0 Å². The second-order valence-electron chi connectivity index (χ2n) is 5.20. The van der Waals surface area contributed by atoms with Gasteiger partial charge in [-0.1, -0.05) is 45.4 Å². The molecule has 1 fully saturated rings. The molecule has 2 nitrogen and oxygen atoms in total. The topological polar surface area (TPSA) is 29.1 Å². The van der Waals surface area contributed by atoms with Crippen LogP contribution >= 0.6 is 0 Å². The van der Waals surface area contributed by atoms with Gasteiger partial charge >= 0.3 is 0 Å². The van der Waals surface area contributed by atoms with Crippen LogP contribution in [0.15, 0.2) is 0 Å². The summed E-state index contributed by atoms with van der Waals surface area (Å²) in [4.78, 5) is 0. The lowest BCUT2D eigenvalue weighted by atomic mass is 10.1. The first-order valence-corrected chi connectivity index (χ1v) is 8.90. The van der Waals surface area contributed by atoms with E-state index in [1.54, 1.807) is 0 Å². The Labute approximate surface area is 109 Å². The van der Waals surface area contributed by atoms with Crippen molar-refractivity contribution in [2.75, 3.05) is 18.1 Å². The number of unbranched alkanes of at least 4 members (excludes halogenated alkanes) is 6. The van der Waals surface area contributed by atoms with Crippen LogP contribution in [-0.2, 0) is 10.8 Å². The lowest BCUT2D eigenvalue weighted by molar-refractivity contribution is 0.460. The van der Waals surface area contributed by atoms with Gasteiger partial charge in [-0.3, -0.25) is 4.21 Å². The van der Waals surface area contributed by atoms with Gasteiger partial charge in [0, 0.05) is 28.3 Å². The van der Waals surface area contributed by atoms with Crippen LogP contribution in [0.25, 0.3) is 0 Å². The maximum Gasteiger partial charge on any atom is 0.0249 e. The smallest absolute Gasteiger partial charge is 0.0249 e. The molecule has 0 atom stereocenters. The molecule has 0 aromatic rings. The molecule has 3 heteroatoms. The largest absolute Gasteiger partial charge is 0.314 e. The zero-order valence-corrected chi connectivity index (χ0v) is 12.2. The van der Waals surface area contributed by atoms with Gasteiger partial charge in [0.15, 0.2) is 0 Å². The molecule has 17 heavy (non-hydrogen) atoms. The van der Waals surface area contributed by atoms with Crippen LogP contribution in [-0.4, -0.2) is 28.3 Å². The summed E-state index contributed by atoms with van der Waals surface area (Å²) in [6, 6.07) is 0.646. The van der Waals surface area contributed by atoms with Crippen molar-refractivity contribution in [2.45, 2.75) is 70.8 Å². The first-order valence-electron chi connectivity index (χ1n) is 7.41. The molecule has 0 bridgehead atoms. The van der Waals surface area contributed by atoms with Crippen molar-refractivity contribution in [1.82, 2.24) is 5.32 Å². The van der Waals surface area contributed by atoms with Gasteiger partial charge in [0.05, 0.1) is 0 Å². The lowest BCUT2D eigenvalue weighted by Gasteiger charge is -2.22. The number of hydrogen-bond acceptors (Lipinski definition) is 2. The van der Waals surface area contributed by atoms with Crippen LogP contribution in [0.3, 0.4) is 0 Å². The Balaban J connectivity index is 1.82. The first-order chi connectivity index (χ1) is 8.33. The molecule has 0 unspecified atom stereocenters. The third kappa shape index (κ3) is 7.93. The maximum atomic E-state index is 11.2. The highest BCUT2D eigenvalue weighted by Crippen LogP contribution is 2.10. The number of rotatable bonds is 9. The number of nitrogens with one attached hydrogen (secondary N) is 1. The van der Waals surface area contributed by atoms with E-state index in [0.29, 0.717) is 6.04 Å². The fourth-order valence-electron chi connectivity index (χ4n) is 2.39. The van der Waals surface area contributed by atoms with Crippen molar-refractivity contribution < 1.29 is 4.21 Å². The molecule has 1 N–H and O–H groups in total. The zero-order valence-electron chi connectivity index (χ0n) is 11.4. The summed E-state index contributed by atoms with van der Waals surface area (Å²) in [6.07, 6.45) is 11.9. The van der Waals surface area contributed by atoms with E-state index < -0.39 is 10.8 Å². The quantitative estimate of drug-likeness (QED) is 0.644. The minimum absolute atomic E-state index is 0.515. The third-order valence-electron chi connectivity index (χ3n) is 3.60. The second-order valence-corrected chi connectivity index (χ2v) is 6.89. The molecule has 0 aromatic carbocycles. The van der Waals surface area contributed by atoms with Crippen LogP contribution in [0.1, 0.15) is 64.7 Å². The van der Waals surface area contributed by atoms with E-state index in [-0.39, 0.29) is 0 Å². The molecular formula is C14H29NOS. The average molecular weight is 259 g/mol. The normalized spacial score (nSPS) is 25.0. The van der Waals surface area contributed by atoms with Crippen LogP contribution in [0.4, 0.5) is 0 Å². The molecule has 0 saturated carbocycles. The first kappa shape index (κ1) is 15.2. The molecule has 0 aromatic heterocycles. The van der Waals surface area contributed by atoms with Gasteiger partial charge in [-0.05, 0) is 25.8 Å². The summed E-state index contributed by atoms with van der Waals surface area (Å²) in [7, 11) is -0.515. The van der Waals surface area contributed by atoms with Crippen molar-refractivity contribution in [2.24, 2.45) is 0 Å². The minimum Gasteiger partial charge on any atom is -0.314 e. The van der Waals surface area contributed by atoms with Gasteiger partial charge in [-0.25, -0.2) is 0 Å². The predicted molar refractivity (Wildman–Crippen MR) is 76.9 cm³/mol. The molecule has 0 radical (unpaired) electrons. The van der Waals surface area contributed by atoms with E-state index in [2.05, 4.69) is 12.2 Å². The van der Waals surface area contributed by atoms with Crippen molar-refractivity contribution >= 4 is 10.8 Å². The highest BCUT2D eigenvalue weighted by Gasteiger charge is 2.16. The van der Waals surface area contributed by atoms with Gasteiger partial charge in [0.1, 0.15) is 0 Å². The van der Waals surface area contributed by atoms with Crippen molar-refractivity contribution in [3.05, 3.63) is 0 Å². The monoisotopic (exact) mass is 259 g/mol. The van der Waals surface area contributed by atoms with Gasteiger partial charge in [-0.15, -0.1) is 0 Å². The summed E-state index contributed by atoms with van der Waals surface area (Å²) in [5.41, 5.74) is 0. The highest BCUT2D eigenvalue weighted by molar-refractivity contribution is 7.85. The summed E-state index contributed by atoms with van der Waals surface area (Å²) >= 11 is 0. The second kappa shape index (κ2) is 10.1. The zero-order chi connectivity index (χ0) is 12.3. The molecule has 102 valence electrons. The molecule has 1 heterocycles. The lowest BCUT2D eigenvalue weighted by Crippen LogP contribution is -2.36. The van der Waals surface area contributed by atoms with Crippen LogP contribution in [0.5, 0.6) is 0 Å². The molecule has 0 aliphatic carbocycles. The fourth-order valence-corrected chi connectivity index (χ4v) is 3.69. The van der Waals surface area contributed by atoms with Crippen molar-refractivity contribution in [1.29, 1.82) is 0 Å². The summed E-state index contributed by atoms with van der Waals surface area (Å²) in [5.74, 6) is 1.82. The van der Waals surface area contributed by atoms with E-state index in [1.807, 2.05) is 0 Å². The predicted octanol–water partition coefficient (Wildman–Crippen LogP) is 3.24. The van der Waals surface area contributed by atoms with Crippen molar-refractivity contribution in [3.63, 3.8) is 0 Å². The summed E-state index contributed by atoms with van der Waals surface area (Å²) < 4.78 is 11.2. The molecule has 0 amide bonds.